The highest BCUT2D eigenvalue weighted by atomic mass is 35.5. The fraction of sp³-hybridized carbons (Fsp3) is 0.364. The minimum atomic E-state index is -3.77. The van der Waals surface area contributed by atoms with Gasteiger partial charge in [0.1, 0.15) is 10.7 Å². The van der Waals surface area contributed by atoms with Gasteiger partial charge in [-0.2, -0.15) is 4.31 Å². The number of rotatable bonds is 6. The molecule has 0 aromatic heterocycles. The zero-order chi connectivity index (χ0) is 22.7. The highest BCUT2D eigenvalue weighted by Gasteiger charge is 2.31. The zero-order valence-electron chi connectivity index (χ0n) is 17.8. The van der Waals surface area contributed by atoms with Crippen molar-refractivity contribution in [3.63, 3.8) is 0 Å². The van der Waals surface area contributed by atoms with Crippen LogP contribution < -0.4 is 5.32 Å². The van der Waals surface area contributed by atoms with Gasteiger partial charge in [0, 0.05) is 44.7 Å². The number of nitrogens with one attached hydrogen (secondary N) is 1. The first-order chi connectivity index (χ1) is 15.4. The summed E-state index contributed by atoms with van der Waals surface area (Å²) in [6.07, 6.45) is 1.01. The van der Waals surface area contributed by atoms with Crippen LogP contribution in [0.4, 0.5) is 0 Å². The molecule has 2 aromatic rings. The molecule has 11 heteroatoms. The fourth-order valence-electron chi connectivity index (χ4n) is 3.83. The molecular weight excluding hydrogens is 507 g/mol. The Morgan fingerprint density at radius 2 is 1.73 bits per heavy atom. The summed E-state index contributed by atoms with van der Waals surface area (Å²) in [5.74, 6) is 0.938. The van der Waals surface area contributed by atoms with E-state index in [1.807, 2.05) is 24.3 Å². The normalized spacial score (nSPS) is 16.7. The van der Waals surface area contributed by atoms with E-state index in [4.69, 9.17) is 23.2 Å². The van der Waals surface area contributed by atoms with Crippen molar-refractivity contribution in [2.75, 3.05) is 39.3 Å². The van der Waals surface area contributed by atoms with Gasteiger partial charge in [0.05, 0.1) is 16.6 Å². The van der Waals surface area contributed by atoms with Crippen LogP contribution in [0.5, 0.6) is 0 Å². The van der Waals surface area contributed by atoms with Crippen LogP contribution in [0.1, 0.15) is 17.5 Å². The lowest BCUT2D eigenvalue weighted by Gasteiger charge is -2.34. The Morgan fingerprint density at radius 1 is 1.03 bits per heavy atom. The van der Waals surface area contributed by atoms with Crippen molar-refractivity contribution in [2.24, 2.45) is 4.99 Å². The Morgan fingerprint density at radius 3 is 2.36 bits per heavy atom. The average molecular weight is 532 g/mol. The van der Waals surface area contributed by atoms with Crippen LogP contribution in [-0.2, 0) is 21.2 Å². The van der Waals surface area contributed by atoms with Crippen molar-refractivity contribution < 1.29 is 13.2 Å². The number of aryl methyl sites for hydroxylation is 1. The topological polar surface area (TPSA) is 82.1 Å². The van der Waals surface area contributed by atoms with Gasteiger partial charge >= 0.3 is 0 Å². The molecule has 1 fully saturated rings. The smallest absolute Gasteiger partial charge is 0.244 e. The van der Waals surface area contributed by atoms with E-state index in [-0.39, 0.29) is 46.3 Å². The molecule has 1 saturated heterocycles. The number of amidine groups is 1. The molecule has 0 saturated carbocycles. The number of carbonyl (C=O) groups excluding carboxylic acids is 1. The summed E-state index contributed by atoms with van der Waals surface area (Å²) in [6, 6.07) is 12.6. The van der Waals surface area contributed by atoms with Crippen LogP contribution >= 0.6 is 35.6 Å². The highest BCUT2D eigenvalue weighted by Crippen LogP contribution is 2.31. The van der Waals surface area contributed by atoms with Crippen LogP contribution in [0, 0.1) is 0 Å². The molecule has 2 aliphatic heterocycles. The van der Waals surface area contributed by atoms with Crippen molar-refractivity contribution in [3.05, 3.63) is 63.6 Å². The van der Waals surface area contributed by atoms with E-state index in [1.165, 1.54) is 10.4 Å². The van der Waals surface area contributed by atoms with Gasteiger partial charge in [-0.3, -0.25) is 9.79 Å². The molecule has 1 amide bonds. The molecule has 0 unspecified atom stereocenters. The number of carbonyl (C=O) groups is 1. The van der Waals surface area contributed by atoms with Crippen molar-refractivity contribution >= 4 is 57.4 Å². The Hall–Kier alpha value is -1.84. The van der Waals surface area contributed by atoms with Gasteiger partial charge in [-0.1, -0.05) is 53.5 Å². The van der Waals surface area contributed by atoms with Gasteiger partial charge in [-0.25, -0.2) is 8.42 Å². The second-order valence-electron chi connectivity index (χ2n) is 7.69. The summed E-state index contributed by atoms with van der Waals surface area (Å²) < 4.78 is 27.2. The van der Waals surface area contributed by atoms with Crippen LogP contribution in [0.15, 0.2) is 52.4 Å². The van der Waals surface area contributed by atoms with Crippen LogP contribution in [0.2, 0.25) is 10.0 Å². The van der Waals surface area contributed by atoms with Crippen molar-refractivity contribution in [1.29, 1.82) is 0 Å². The van der Waals surface area contributed by atoms with Crippen molar-refractivity contribution in [3.8, 4) is 0 Å². The summed E-state index contributed by atoms with van der Waals surface area (Å²) in [6.45, 7) is 2.81. The third-order valence-electron chi connectivity index (χ3n) is 5.65. The van der Waals surface area contributed by atoms with Gasteiger partial charge in [0.2, 0.25) is 15.9 Å². The number of hydrogen-bond donors (Lipinski definition) is 1. The molecule has 0 aliphatic carbocycles. The Bertz CT molecular complexity index is 1130. The second-order valence-corrected chi connectivity index (χ2v) is 10.4. The molecule has 7 nitrogen and oxygen atoms in total. The number of hydrogen-bond acceptors (Lipinski definition) is 5. The molecule has 2 aliphatic rings. The Kier molecular flexibility index (Phi) is 8.64. The number of aliphatic imine (C=N–C) groups is 1. The summed E-state index contributed by atoms with van der Waals surface area (Å²) in [7, 11) is -3.77. The third-order valence-corrected chi connectivity index (χ3v) is 8.53. The summed E-state index contributed by atoms with van der Waals surface area (Å²) in [5.41, 5.74) is 2.13. The molecule has 33 heavy (non-hydrogen) atoms. The van der Waals surface area contributed by atoms with Gasteiger partial charge < -0.3 is 10.2 Å². The molecule has 0 atom stereocenters. The van der Waals surface area contributed by atoms with E-state index in [0.717, 1.165) is 30.1 Å². The molecule has 1 N–H and O–H groups in total. The molecule has 4 rings (SSSR count). The molecule has 178 valence electrons. The number of sulfonamides is 1. The van der Waals surface area contributed by atoms with Crippen molar-refractivity contribution in [1.82, 2.24) is 14.5 Å². The zero-order valence-corrected chi connectivity index (χ0v) is 21.0. The number of halogens is 3. The second kappa shape index (κ2) is 11.1. The van der Waals surface area contributed by atoms with Crippen LogP contribution in [0.25, 0.3) is 0 Å². The van der Waals surface area contributed by atoms with Crippen LogP contribution in [0.3, 0.4) is 0 Å². The maximum absolute atomic E-state index is 12.9. The predicted molar refractivity (Wildman–Crippen MR) is 133 cm³/mol. The minimum Gasteiger partial charge on any atom is -0.368 e. The highest BCUT2D eigenvalue weighted by molar-refractivity contribution is 7.89. The van der Waals surface area contributed by atoms with Gasteiger partial charge in [-0.05, 0) is 24.1 Å². The fourth-order valence-corrected chi connectivity index (χ4v) is 5.99. The monoisotopic (exact) mass is 530 g/mol. The van der Waals surface area contributed by atoms with Gasteiger partial charge in [-0.15, -0.1) is 12.4 Å². The molecule has 0 radical (unpaired) electrons. The maximum Gasteiger partial charge on any atom is 0.244 e. The lowest BCUT2D eigenvalue weighted by molar-refractivity contribution is -0.132. The lowest BCUT2D eigenvalue weighted by atomic mass is 10.1. The minimum absolute atomic E-state index is 0. The molecular formula is C22H25Cl3N4O3S. The summed E-state index contributed by atoms with van der Waals surface area (Å²) in [5, 5.41) is 3.46. The molecule has 2 heterocycles. The summed E-state index contributed by atoms with van der Waals surface area (Å²) >= 11 is 12.1. The number of nitrogens with zero attached hydrogens (tertiary/aromatic N) is 3. The van der Waals surface area contributed by atoms with E-state index < -0.39 is 10.0 Å². The van der Waals surface area contributed by atoms with Gasteiger partial charge in [0.15, 0.2) is 0 Å². The Labute approximate surface area is 210 Å². The average Bonchev–Trinajstić information content (AvgIpc) is 3.34. The van der Waals surface area contributed by atoms with Crippen LogP contribution in [-0.4, -0.2) is 68.6 Å². The first-order valence-corrected chi connectivity index (χ1v) is 12.7. The van der Waals surface area contributed by atoms with E-state index in [1.54, 1.807) is 17.0 Å². The molecule has 0 bridgehead atoms. The number of piperazine rings is 1. The maximum atomic E-state index is 12.9. The molecule has 0 spiro atoms. The third kappa shape index (κ3) is 5.81. The number of benzene rings is 2. The molecule has 2 aromatic carbocycles. The van der Waals surface area contributed by atoms with E-state index in [2.05, 4.69) is 10.3 Å². The van der Waals surface area contributed by atoms with E-state index in [9.17, 15) is 13.2 Å². The van der Waals surface area contributed by atoms with Crippen molar-refractivity contribution in [2.45, 2.75) is 17.7 Å². The lowest BCUT2D eigenvalue weighted by Crippen LogP contribution is -2.50. The predicted octanol–water partition coefficient (Wildman–Crippen LogP) is 3.23. The standard InChI is InChI=1S/C22H24Cl2N4O3S.ClH/c23-18-2-1-3-19(21(18)24)32(30,31)28-14-12-27(13-15-28)20(29)9-6-16-4-7-17(8-5-16)22-25-10-11-26-22;/h1-5,7-8H,6,9-15H2,(H,25,26);1H. The number of amides is 1. The van der Waals surface area contributed by atoms with E-state index in [0.29, 0.717) is 25.9 Å². The SMILES string of the molecule is Cl.O=C(CCc1ccc(C2=NCCN2)cc1)N1CCN(S(=O)(=O)c2cccc(Cl)c2Cl)CC1. The Balaban J connectivity index is 0.00000306. The summed E-state index contributed by atoms with van der Waals surface area (Å²) in [4.78, 5) is 18.8. The van der Waals surface area contributed by atoms with Gasteiger partial charge in [0.25, 0.3) is 0 Å². The first kappa shape index (κ1) is 25.8. The van der Waals surface area contributed by atoms with E-state index >= 15 is 0 Å². The quantitative estimate of drug-likeness (QED) is 0.620. The first-order valence-electron chi connectivity index (χ1n) is 10.5. The largest absolute Gasteiger partial charge is 0.368 e.